The van der Waals surface area contributed by atoms with Crippen molar-refractivity contribution in [2.24, 2.45) is 11.8 Å². The second-order valence-electron chi connectivity index (χ2n) is 5.34. The lowest BCUT2D eigenvalue weighted by molar-refractivity contribution is 0.206. The topological polar surface area (TPSA) is 12.0 Å². The molecule has 74 valence electrons. The van der Waals surface area contributed by atoms with Crippen LogP contribution in [0.25, 0.3) is 0 Å². The van der Waals surface area contributed by atoms with Gasteiger partial charge in [-0.1, -0.05) is 12.8 Å². The zero-order chi connectivity index (χ0) is 8.67. The molecule has 0 spiro atoms. The molecule has 0 aromatic rings. The van der Waals surface area contributed by atoms with Crippen molar-refractivity contribution in [1.29, 1.82) is 0 Å². The first-order chi connectivity index (χ1) is 6.43. The van der Waals surface area contributed by atoms with E-state index in [-0.39, 0.29) is 0 Å². The van der Waals surface area contributed by atoms with Crippen LogP contribution in [0.2, 0.25) is 0 Å². The van der Waals surface area contributed by atoms with Gasteiger partial charge in [-0.25, -0.2) is 0 Å². The molecule has 0 aromatic heterocycles. The van der Waals surface area contributed by atoms with Gasteiger partial charge in [0, 0.05) is 12.1 Å². The third-order valence-corrected chi connectivity index (χ3v) is 4.65. The zero-order valence-electron chi connectivity index (χ0n) is 8.47. The van der Waals surface area contributed by atoms with Gasteiger partial charge in [0.25, 0.3) is 0 Å². The van der Waals surface area contributed by atoms with E-state index < -0.39 is 0 Å². The van der Waals surface area contributed by atoms with Crippen LogP contribution in [0.4, 0.5) is 0 Å². The van der Waals surface area contributed by atoms with Gasteiger partial charge in [0.05, 0.1) is 0 Å². The van der Waals surface area contributed by atoms with Crippen molar-refractivity contribution in [3.63, 3.8) is 0 Å². The van der Waals surface area contributed by atoms with Crippen molar-refractivity contribution in [1.82, 2.24) is 5.32 Å². The van der Waals surface area contributed by atoms with E-state index in [2.05, 4.69) is 5.32 Å². The van der Waals surface area contributed by atoms with Crippen LogP contribution in [-0.4, -0.2) is 12.1 Å². The number of hydrogen-bond donors (Lipinski definition) is 1. The molecular formula is C12H21N. The standard InChI is InChI=1S/C12H21N/c1-3-9(4-1)11-7-8-12(13-11)10-5-2-6-10/h9-13H,1-8H2. The molecule has 0 bridgehead atoms. The zero-order valence-corrected chi connectivity index (χ0v) is 8.47. The van der Waals surface area contributed by atoms with Crippen molar-refractivity contribution in [2.45, 2.75) is 63.5 Å². The van der Waals surface area contributed by atoms with Crippen molar-refractivity contribution in [2.75, 3.05) is 0 Å². The first-order valence-corrected chi connectivity index (χ1v) is 6.19. The van der Waals surface area contributed by atoms with Gasteiger partial charge in [0.1, 0.15) is 0 Å². The van der Waals surface area contributed by atoms with Crippen LogP contribution >= 0.6 is 0 Å². The van der Waals surface area contributed by atoms with E-state index in [4.69, 9.17) is 0 Å². The van der Waals surface area contributed by atoms with E-state index >= 15 is 0 Å². The largest absolute Gasteiger partial charge is 0.311 e. The summed E-state index contributed by atoms with van der Waals surface area (Å²) in [7, 11) is 0. The molecular weight excluding hydrogens is 158 g/mol. The molecule has 1 aliphatic heterocycles. The van der Waals surface area contributed by atoms with Gasteiger partial charge in [-0.2, -0.15) is 0 Å². The molecule has 3 rings (SSSR count). The highest BCUT2D eigenvalue weighted by atomic mass is 15.0. The summed E-state index contributed by atoms with van der Waals surface area (Å²) >= 11 is 0. The molecule has 2 atom stereocenters. The lowest BCUT2D eigenvalue weighted by Crippen LogP contribution is -2.42. The molecule has 1 heterocycles. The Labute approximate surface area is 81.3 Å². The van der Waals surface area contributed by atoms with Gasteiger partial charge >= 0.3 is 0 Å². The highest BCUT2D eigenvalue weighted by molar-refractivity contribution is 4.95. The predicted octanol–water partition coefficient (Wildman–Crippen LogP) is 2.71. The number of nitrogens with one attached hydrogen (secondary N) is 1. The third kappa shape index (κ3) is 1.41. The minimum absolute atomic E-state index is 0.916. The second-order valence-corrected chi connectivity index (χ2v) is 5.34. The molecule has 1 nitrogen and oxygen atoms in total. The number of rotatable bonds is 2. The number of hydrogen-bond acceptors (Lipinski definition) is 1. The summed E-state index contributed by atoms with van der Waals surface area (Å²) in [6, 6.07) is 1.83. The molecule has 0 amide bonds. The molecule has 3 aliphatic rings. The predicted molar refractivity (Wildman–Crippen MR) is 54.6 cm³/mol. The monoisotopic (exact) mass is 179 g/mol. The fourth-order valence-electron chi connectivity index (χ4n) is 3.23. The minimum Gasteiger partial charge on any atom is -0.311 e. The summed E-state index contributed by atoms with van der Waals surface area (Å²) in [5.41, 5.74) is 0. The van der Waals surface area contributed by atoms with E-state index in [9.17, 15) is 0 Å². The van der Waals surface area contributed by atoms with Crippen molar-refractivity contribution in [3.05, 3.63) is 0 Å². The summed E-state index contributed by atoms with van der Waals surface area (Å²) in [5.74, 6) is 2.12. The van der Waals surface area contributed by atoms with E-state index in [1.807, 2.05) is 0 Å². The van der Waals surface area contributed by atoms with Crippen molar-refractivity contribution in [3.8, 4) is 0 Å². The van der Waals surface area contributed by atoms with E-state index in [0.717, 1.165) is 23.9 Å². The fourth-order valence-corrected chi connectivity index (χ4v) is 3.23. The highest BCUT2D eigenvalue weighted by Crippen LogP contribution is 2.39. The SMILES string of the molecule is C1CC(C2CCC(C3CCC3)N2)C1. The van der Waals surface area contributed by atoms with Crippen molar-refractivity contribution < 1.29 is 0 Å². The van der Waals surface area contributed by atoms with Crippen LogP contribution in [-0.2, 0) is 0 Å². The van der Waals surface area contributed by atoms with Gasteiger partial charge in [0.15, 0.2) is 0 Å². The first-order valence-electron chi connectivity index (χ1n) is 6.19. The van der Waals surface area contributed by atoms with Crippen LogP contribution in [0, 0.1) is 11.8 Å². The maximum absolute atomic E-state index is 3.89. The molecule has 0 radical (unpaired) electrons. The van der Waals surface area contributed by atoms with E-state index in [1.165, 1.54) is 51.4 Å². The molecule has 13 heavy (non-hydrogen) atoms. The highest BCUT2D eigenvalue weighted by Gasteiger charge is 2.37. The van der Waals surface area contributed by atoms with E-state index in [0.29, 0.717) is 0 Å². The van der Waals surface area contributed by atoms with Gasteiger partial charge in [-0.15, -0.1) is 0 Å². The maximum Gasteiger partial charge on any atom is 0.00986 e. The van der Waals surface area contributed by atoms with Gasteiger partial charge in [-0.05, 0) is 50.4 Å². The minimum atomic E-state index is 0.916. The third-order valence-electron chi connectivity index (χ3n) is 4.65. The van der Waals surface area contributed by atoms with Crippen LogP contribution in [0.15, 0.2) is 0 Å². The van der Waals surface area contributed by atoms with Crippen LogP contribution in [0.5, 0.6) is 0 Å². The van der Waals surface area contributed by atoms with Crippen LogP contribution < -0.4 is 5.32 Å². The maximum atomic E-state index is 3.89. The fraction of sp³-hybridized carbons (Fsp3) is 1.00. The molecule has 0 aromatic carbocycles. The average Bonchev–Trinajstić information content (AvgIpc) is 2.29. The second kappa shape index (κ2) is 3.27. The molecule has 2 saturated carbocycles. The summed E-state index contributed by atoms with van der Waals surface area (Å²) in [5, 5.41) is 3.89. The Morgan fingerprint density at radius 1 is 0.615 bits per heavy atom. The molecule has 1 heteroatoms. The van der Waals surface area contributed by atoms with Crippen LogP contribution in [0.1, 0.15) is 51.4 Å². The lowest BCUT2D eigenvalue weighted by Gasteiger charge is -2.35. The molecule has 2 aliphatic carbocycles. The quantitative estimate of drug-likeness (QED) is 0.687. The molecule has 1 saturated heterocycles. The summed E-state index contributed by atoms with van der Waals surface area (Å²) in [4.78, 5) is 0. The van der Waals surface area contributed by atoms with Gasteiger partial charge in [0.2, 0.25) is 0 Å². The Morgan fingerprint density at radius 2 is 1.08 bits per heavy atom. The molecule has 1 N–H and O–H groups in total. The molecule has 2 unspecified atom stereocenters. The summed E-state index contributed by atoms with van der Waals surface area (Å²) < 4.78 is 0. The summed E-state index contributed by atoms with van der Waals surface area (Å²) in [6.45, 7) is 0. The van der Waals surface area contributed by atoms with Gasteiger partial charge in [-0.3, -0.25) is 0 Å². The Morgan fingerprint density at radius 3 is 1.38 bits per heavy atom. The average molecular weight is 179 g/mol. The Bertz CT molecular complexity index is 162. The Hall–Kier alpha value is -0.0400. The first kappa shape index (κ1) is 8.28. The summed E-state index contributed by atoms with van der Waals surface area (Å²) in [6.07, 6.45) is 12.0. The normalized spacial score (nSPS) is 41.5. The van der Waals surface area contributed by atoms with Crippen molar-refractivity contribution >= 4 is 0 Å². The molecule has 3 fully saturated rings. The Balaban J connectivity index is 1.52. The van der Waals surface area contributed by atoms with Gasteiger partial charge < -0.3 is 5.32 Å². The Kier molecular flexibility index (Phi) is 2.08. The van der Waals surface area contributed by atoms with Crippen LogP contribution in [0.3, 0.4) is 0 Å². The van der Waals surface area contributed by atoms with E-state index in [1.54, 1.807) is 0 Å². The smallest absolute Gasteiger partial charge is 0.00986 e. The lowest BCUT2D eigenvalue weighted by atomic mass is 9.79.